The monoisotopic (exact) mass is 305 g/mol. The average molecular weight is 305 g/mol. The molecule has 2 atom stereocenters. The molecule has 6 heteroatoms. The van der Waals surface area contributed by atoms with Crippen LogP contribution >= 0.6 is 0 Å². The van der Waals surface area contributed by atoms with E-state index in [1.54, 1.807) is 6.33 Å². The van der Waals surface area contributed by atoms with Crippen molar-refractivity contribution in [2.24, 2.45) is 0 Å². The van der Waals surface area contributed by atoms with Gasteiger partial charge in [-0.3, -0.25) is 0 Å². The molecule has 2 fully saturated rings. The first-order chi connectivity index (χ1) is 10.7. The highest BCUT2D eigenvalue weighted by Crippen LogP contribution is 2.22. The van der Waals surface area contributed by atoms with E-state index in [4.69, 9.17) is 4.74 Å². The summed E-state index contributed by atoms with van der Waals surface area (Å²) in [5, 5.41) is 3.48. The Morgan fingerprint density at radius 1 is 1.27 bits per heavy atom. The second-order valence-corrected chi connectivity index (χ2v) is 6.53. The number of rotatable bonds is 4. The van der Waals surface area contributed by atoms with Crippen LogP contribution in [-0.2, 0) is 4.74 Å². The molecule has 0 unspecified atom stereocenters. The smallest absolute Gasteiger partial charge is 0.134 e. The number of hydrogen-bond donors (Lipinski definition) is 1. The Morgan fingerprint density at radius 2 is 2.18 bits per heavy atom. The molecule has 0 radical (unpaired) electrons. The molecule has 3 heterocycles. The van der Waals surface area contributed by atoms with E-state index in [9.17, 15) is 0 Å². The van der Waals surface area contributed by atoms with Crippen LogP contribution in [0, 0.1) is 0 Å². The van der Waals surface area contributed by atoms with Gasteiger partial charge in [0.2, 0.25) is 0 Å². The highest BCUT2D eigenvalue weighted by Gasteiger charge is 2.23. The lowest BCUT2D eigenvalue weighted by Gasteiger charge is -2.36. The highest BCUT2D eigenvalue weighted by atomic mass is 16.5. The SMILES string of the molecule is CN(C)[C@@H]1CCCN(c2cc(N[C@@H]3CCCOC3)ncn2)C1. The maximum atomic E-state index is 5.52. The van der Waals surface area contributed by atoms with Crippen LogP contribution in [0.5, 0.6) is 0 Å². The maximum absolute atomic E-state index is 5.52. The van der Waals surface area contributed by atoms with E-state index < -0.39 is 0 Å². The van der Waals surface area contributed by atoms with Gasteiger partial charge in [-0.2, -0.15) is 0 Å². The summed E-state index contributed by atoms with van der Waals surface area (Å²) in [4.78, 5) is 13.5. The minimum atomic E-state index is 0.368. The van der Waals surface area contributed by atoms with Gasteiger partial charge >= 0.3 is 0 Å². The molecule has 3 rings (SSSR count). The van der Waals surface area contributed by atoms with E-state index in [-0.39, 0.29) is 0 Å². The van der Waals surface area contributed by atoms with Gasteiger partial charge in [-0.15, -0.1) is 0 Å². The summed E-state index contributed by atoms with van der Waals surface area (Å²) in [5.41, 5.74) is 0. The fraction of sp³-hybridized carbons (Fsp3) is 0.750. The molecular formula is C16H27N5O. The number of nitrogens with zero attached hydrogens (tertiary/aromatic N) is 4. The van der Waals surface area contributed by atoms with Crippen LogP contribution in [0.15, 0.2) is 12.4 Å². The van der Waals surface area contributed by atoms with Crippen molar-refractivity contribution in [1.29, 1.82) is 0 Å². The van der Waals surface area contributed by atoms with Crippen LogP contribution in [0.2, 0.25) is 0 Å². The van der Waals surface area contributed by atoms with E-state index in [2.05, 4.69) is 45.2 Å². The molecule has 0 aromatic carbocycles. The van der Waals surface area contributed by atoms with E-state index in [0.717, 1.165) is 50.8 Å². The summed E-state index contributed by atoms with van der Waals surface area (Å²) in [7, 11) is 4.31. The molecule has 2 aliphatic rings. The number of likely N-dealkylation sites (N-methyl/N-ethyl adjacent to an activating group) is 1. The van der Waals surface area contributed by atoms with Gasteiger partial charge in [0.15, 0.2) is 0 Å². The van der Waals surface area contributed by atoms with E-state index in [0.29, 0.717) is 12.1 Å². The molecule has 6 nitrogen and oxygen atoms in total. The van der Waals surface area contributed by atoms with Crippen LogP contribution in [0.25, 0.3) is 0 Å². The maximum Gasteiger partial charge on any atom is 0.134 e. The summed E-state index contributed by atoms with van der Waals surface area (Å²) in [5.74, 6) is 1.94. The molecule has 1 N–H and O–H groups in total. The van der Waals surface area contributed by atoms with Gasteiger partial charge in [0, 0.05) is 31.8 Å². The number of piperidine rings is 1. The van der Waals surface area contributed by atoms with Gasteiger partial charge in [-0.1, -0.05) is 0 Å². The van der Waals surface area contributed by atoms with Crippen molar-refractivity contribution in [2.75, 3.05) is 50.6 Å². The second kappa shape index (κ2) is 7.24. The predicted molar refractivity (Wildman–Crippen MR) is 88.4 cm³/mol. The fourth-order valence-corrected chi connectivity index (χ4v) is 3.25. The molecule has 2 aliphatic heterocycles. The van der Waals surface area contributed by atoms with Gasteiger partial charge in [-0.05, 0) is 39.8 Å². The molecule has 0 bridgehead atoms. The van der Waals surface area contributed by atoms with Gasteiger partial charge in [0.25, 0.3) is 0 Å². The van der Waals surface area contributed by atoms with Crippen molar-refractivity contribution in [3.05, 3.63) is 12.4 Å². The van der Waals surface area contributed by atoms with Crippen LogP contribution in [0.4, 0.5) is 11.6 Å². The summed E-state index contributed by atoms with van der Waals surface area (Å²) >= 11 is 0. The summed E-state index contributed by atoms with van der Waals surface area (Å²) in [6.45, 7) is 3.77. The van der Waals surface area contributed by atoms with Crippen LogP contribution in [0.3, 0.4) is 0 Å². The van der Waals surface area contributed by atoms with Crippen molar-refractivity contribution in [1.82, 2.24) is 14.9 Å². The zero-order valence-electron chi connectivity index (χ0n) is 13.7. The molecule has 0 saturated carbocycles. The van der Waals surface area contributed by atoms with Gasteiger partial charge in [0.05, 0.1) is 12.6 Å². The predicted octanol–water partition coefficient (Wildman–Crippen LogP) is 1.60. The Balaban J connectivity index is 1.65. The fourth-order valence-electron chi connectivity index (χ4n) is 3.25. The largest absolute Gasteiger partial charge is 0.379 e. The minimum Gasteiger partial charge on any atom is -0.379 e. The third-order valence-corrected chi connectivity index (χ3v) is 4.62. The van der Waals surface area contributed by atoms with Gasteiger partial charge in [0.1, 0.15) is 18.0 Å². The summed E-state index contributed by atoms with van der Waals surface area (Å²) in [6.07, 6.45) is 6.41. The van der Waals surface area contributed by atoms with Crippen LogP contribution < -0.4 is 10.2 Å². The molecular weight excluding hydrogens is 278 g/mol. The lowest BCUT2D eigenvalue weighted by Crippen LogP contribution is -2.45. The summed E-state index contributed by atoms with van der Waals surface area (Å²) < 4.78 is 5.52. The zero-order valence-corrected chi connectivity index (χ0v) is 13.7. The van der Waals surface area contributed by atoms with Gasteiger partial charge < -0.3 is 19.9 Å². The quantitative estimate of drug-likeness (QED) is 0.912. The van der Waals surface area contributed by atoms with E-state index in [1.807, 2.05) is 0 Å². The lowest BCUT2D eigenvalue weighted by molar-refractivity contribution is 0.0875. The molecule has 0 spiro atoms. The Hall–Kier alpha value is -1.40. The second-order valence-electron chi connectivity index (χ2n) is 6.53. The van der Waals surface area contributed by atoms with Crippen LogP contribution in [-0.4, -0.2) is 67.4 Å². The molecule has 1 aromatic rings. The minimum absolute atomic E-state index is 0.368. The standard InChI is InChI=1S/C16H27N5O/c1-20(2)14-6-3-7-21(10-14)16-9-15(17-12-18-16)19-13-5-4-8-22-11-13/h9,12-14H,3-8,10-11H2,1-2H3,(H,17,18,19)/t13-,14-/m1/s1. The summed E-state index contributed by atoms with van der Waals surface area (Å²) in [6, 6.07) is 3.05. The first kappa shape index (κ1) is 15.5. The first-order valence-electron chi connectivity index (χ1n) is 8.30. The molecule has 22 heavy (non-hydrogen) atoms. The van der Waals surface area contributed by atoms with E-state index in [1.165, 1.54) is 12.8 Å². The van der Waals surface area contributed by atoms with Gasteiger partial charge in [-0.25, -0.2) is 9.97 Å². The van der Waals surface area contributed by atoms with Crippen molar-refractivity contribution in [3.8, 4) is 0 Å². The van der Waals surface area contributed by atoms with E-state index >= 15 is 0 Å². The van der Waals surface area contributed by atoms with Crippen molar-refractivity contribution >= 4 is 11.6 Å². The van der Waals surface area contributed by atoms with Crippen molar-refractivity contribution in [2.45, 2.75) is 37.8 Å². The van der Waals surface area contributed by atoms with Crippen LogP contribution in [0.1, 0.15) is 25.7 Å². The van der Waals surface area contributed by atoms with Crippen molar-refractivity contribution in [3.63, 3.8) is 0 Å². The number of nitrogens with one attached hydrogen (secondary N) is 1. The third-order valence-electron chi connectivity index (χ3n) is 4.62. The molecule has 122 valence electrons. The highest BCUT2D eigenvalue weighted by molar-refractivity contribution is 5.49. The Labute approximate surface area is 132 Å². The average Bonchev–Trinajstić information content (AvgIpc) is 2.56. The number of anilines is 2. The number of ether oxygens (including phenoxy) is 1. The Bertz CT molecular complexity index is 475. The topological polar surface area (TPSA) is 53.5 Å². The number of aromatic nitrogens is 2. The third kappa shape index (κ3) is 3.87. The first-order valence-corrected chi connectivity index (χ1v) is 8.30. The molecule has 0 aliphatic carbocycles. The number of hydrogen-bond acceptors (Lipinski definition) is 6. The molecule has 0 amide bonds. The molecule has 2 saturated heterocycles. The molecule has 1 aromatic heterocycles. The Kier molecular flexibility index (Phi) is 5.10. The van der Waals surface area contributed by atoms with Crippen molar-refractivity contribution < 1.29 is 4.74 Å². The Morgan fingerprint density at radius 3 is 2.95 bits per heavy atom. The lowest BCUT2D eigenvalue weighted by atomic mass is 10.1. The normalized spacial score (nSPS) is 26.2. The zero-order chi connectivity index (χ0) is 15.4.